The van der Waals surface area contributed by atoms with Crippen LogP contribution in [0.15, 0.2) is 0 Å². The average molecular weight is 308 g/mol. The molecule has 1 aromatic rings. The molecule has 122 valence electrons. The van der Waals surface area contributed by atoms with Gasteiger partial charge in [0.2, 0.25) is 0 Å². The van der Waals surface area contributed by atoms with Crippen molar-refractivity contribution in [2.75, 3.05) is 0 Å². The summed E-state index contributed by atoms with van der Waals surface area (Å²) in [5.41, 5.74) is 0.266. The highest BCUT2D eigenvalue weighted by molar-refractivity contribution is 5.96. The van der Waals surface area contributed by atoms with E-state index in [1.165, 1.54) is 0 Å². The van der Waals surface area contributed by atoms with Gasteiger partial charge >= 0.3 is 11.9 Å². The van der Waals surface area contributed by atoms with Crippen LogP contribution in [0.5, 0.6) is 0 Å². The summed E-state index contributed by atoms with van der Waals surface area (Å²) in [5, 5.41) is 0.630. The molecule has 0 fully saturated rings. The summed E-state index contributed by atoms with van der Waals surface area (Å²) >= 11 is 0. The van der Waals surface area contributed by atoms with Gasteiger partial charge in [0.25, 0.3) is 0 Å². The first-order valence-corrected chi connectivity index (χ1v) is 7.62. The molecule has 0 spiro atoms. The lowest BCUT2D eigenvalue weighted by molar-refractivity contribution is 0.0689. The summed E-state index contributed by atoms with van der Waals surface area (Å²) in [7, 11) is 0. The van der Waals surface area contributed by atoms with Gasteiger partial charge in [-0.15, -0.1) is 0 Å². The number of esters is 2. The van der Waals surface area contributed by atoms with E-state index in [0.29, 0.717) is 22.2 Å². The first-order valence-electron chi connectivity index (χ1n) is 7.62. The molecule has 0 aromatic carbocycles. The number of hydrogen-bond acceptors (Lipinski definition) is 6. The molecule has 2 aliphatic rings. The highest BCUT2D eigenvalue weighted by Gasteiger charge is 2.29. The second-order valence-corrected chi connectivity index (χ2v) is 3.51. The number of rotatable bonds is 0. The second-order valence-electron chi connectivity index (χ2n) is 3.51. The average Bonchev–Trinajstić information content (AvgIpc) is 3.01. The first kappa shape index (κ1) is 19.8. The van der Waals surface area contributed by atoms with Crippen molar-refractivity contribution in [3.8, 4) is 0 Å². The fourth-order valence-corrected chi connectivity index (χ4v) is 1.68. The van der Waals surface area contributed by atoms with Crippen LogP contribution in [0, 0.1) is 0 Å². The molecule has 1 aromatic heterocycles. The molecule has 3 heterocycles. The van der Waals surface area contributed by atoms with Crippen LogP contribution >= 0.6 is 0 Å². The van der Waals surface area contributed by atoms with Crippen LogP contribution in [0.2, 0.25) is 0 Å². The summed E-state index contributed by atoms with van der Waals surface area (Å²) in [5.74, 6) is -0.384. The first-order chi connectivity index (χ1) is 10.6. The van der Waals surface area contributed by atoms with Crippen LogP contribution in [0.4, 0.5) is 0 Å². The molecule has 3 rings (SSSR count). The van der Waals surface area contributed by atoms with Gasteiger partial charge in [0.1, 0.15) is 22.2 Å². The molecular weight excluding hydrogens is 284 g/mol. The van der Waals surface area contributed by atoms with Crippen molar-refractivity contribution in [1.29, 1.82) is 0 Å². The van der Waals surface area contributed by atoms with Gasteiger partial charge in [0, 0.05) is 0 Å². The van der Waals surface area contributed by atoms with Crippen molar-refractivity contribution in [1.82, 2.24) is 9.97 Å². The Kier molecular flexibility index (Phi) is 8.01. The van der Waals surface area contributed by atoms with Crippen molar-refractivity contribution in [2.24, 2.45) is 0 Å². The van der Waals surface area contributed by atoms with Crippen molar-refractivity contribution in [2.45, 2.75) is 55.4 Å². The van der Waals surface area contributed by atoms with Crippen molar-refractivity contribution >= 4 is 23.5 Å². The largest absolute Gasteiger partial charge is 0.424 e. The minimum Gasteiger partial charge on any atom is -0.424 e. The third-order valence-corrected chi connectivity index (χ3v) is 2.44. The lowest BCUT2D eigenvalue weighted by Gasteiger charge is -1.90. The van der Waals surface area contributed by atoms with E-state index in [-0.39, 0.29) is 11.4 Å². The van der Waals surface area contributed by atoms with Gasteiger partial charge in [-0.25, -0.2) is 19.6 Å². The van der Waals surface area contributed by atoms with Crippen LogP contribution in [-0.4, -0.2) is 21.9 Å². The number of nitrogens with zero attached hydrogens (tertiary/aromatic N) is 2. The van der Waals surface area contributed by atoms with E-state index < -0.39 is 11.9 Å². The monoisotopic (exact) mass is 308 g/mol. The molecular formula is C16H24N2O4. The number of ether oxygens (including phenoxy) is 2. The number of hydrogen-bond donors (Lipinski definition) is 0. The van der Waals surface area contributed by atoms with Crippen molar-refractivity contribution in [3.05, 3.63) is 22.1 Å². The zero-order chi connectivity index (χ0) is 17.4. The summed E-state index contributed by atoms with van der Waals surface area (Å²) in [6, 6.07) is 0. The maximum absolute atomic E-state index is 11.4. The molecule has 0 radical (unpaired) electrons. The molecule has 0 N–H and O–H groups in total. The third kappa shape index (κ3) is 3.50. The zero-order valence-corrected chi connectivity index (χ0v) is 14.5. The van der Waals surface area contributed by atoms with E-state index in [4.69, 9.17) is 9.47 Å². The maximum atomic E-state index is 11.4. The second kappa shape index (κ2) is 8.92. The van der Waals surface area contributed by atoms with Crippen LogP contribution in [0.3, 0.4) is 0 Å². The van der Waals surface area contributed by atoms with Gasteiger partial charge in [-0.05, 0) is 13.8 Å². The Morgan fingerprint density at radius 3 is 1.18 bits per heavy atom. The lowest BCUT2D eigenvalue weighted by atomic mass is 10.3. The van der Waals surface area contributed by atoms with Gasteiger partial charge in [-0.2, -0.15) is 0 Å². The molecule has 0 saturated heterocycles. The molecule has 0 aliphatic carbocycles. The van der Waals surface area contributed by atoms with E-state index in [1.807, 2.05) is 41.5 Å². The Hall–Kier alpha value is -2.24. The minimum atomic E-state index is -0.546. The summed E-state index contributed by atoms with van der Waals surface area (Å²) < 4.78 is 9.74. The zero-order valence-electron chi connectivity index (χ0n) is 14.5. The molecule has 6 nitrogen and oxygen atoms in total. The maximum Gasteiger partial charge on any atom is 0.364 e. The standard InChI is InChI=1S/C10H6N2O4.3C2H6/c1-3-5-7(9(13)15-3)12-6-4(2)16-10(14)8(6)11-5;3*1-2/h1-2H3;3*1-2H3. The number of fused-ring (bicyclic) bond motifs is 2. The highest BCUT2D eigenvalue weighted by Crippen LogP contribution is 2.10. The Labute approximate surface area is 130 Å². The number of carbonyl (C=O) groups excluding carboxylic acids is 2. The van der Waals surface area contributed by atoms with E-state index in [2.05, 4.69) is 9.97 Å². The summed E-state index contributed by atoms with van der Waals surface area (Å²) in [6.07, 6.45) is 0. The Morgan fingerprint density at radius 2 is 0.909 bits per heavy atom. The van der Waals surface area contributed by atoms with Crippen LogP contribution in [-0.2, 0) is 9.47 Å². The molecule has 22 heavy (non-hydrogen) atoms. The lowest BCUT2D eigenvalue weighted by Crippen LogP contribution is -2.28. The van der Waals surface area contributed by atoms with E-state index in [1.54, 1.807) is 13.8 Å². The minimum absolute atomic E-state index is 0.133. The Morgan fingerprint density at radius 1 is 0.636 bits per heavy atom. The predicted molar refractivity (Wildman–Crippen MR) is 84.3 cm³/mol. The van der Waals surface area contributed by atoms with Gasteiger partial charge in [0.05, 0.1) is 0 Å². The fourth-order valence-electron chi connectivity index (χ4n) is 1.68. The van der Waals surface area contributed by atoms with Crippen molar-refractivity contribution < 1.29 is 19.1 Å². The number of carbonyl (C=O) groups is 2. The smallest absolute Gasteiger partial charge is 0.364 e. The SMILES string of the molecule is CC.CC.CC.CC1=c2nc3c(nc2C(=O)O1)=C(C)OC3=O. The summed E-state index contributed by atoms with van der Waals surface area (Å²) in [4.78, 5) is 30.9. The van der Waals surface area contributed by atoms with E-state index >= 15 is 0 Å². The van der Waals surface area contributed by atoms with Crippen molar-refractivity contribution in [3.63, 3.8) is 0 Å². The third-order valence-electron chi connectivity index (χ3n) is 2.44. The number of aromatic nitrogens is 2. The summed E-state index contributed by atoms with van der Waals surface area (Å²) in [6.45, 7) is 15.2. The molecule has 0 saturated carbocycles. The topological polar surface area (TPSA) is 78.4 Å². The number of cyclic esters (lactones) is 2. The molecule has 0 unspecified atom stereocenters. The Balaban J connectivity index is 0.000000661. The van der Waals surface area contributed by atoms with E-state index in [9.17, 15) is 9.59 Å². The van der Waals surface area contributed by atoms with Crippen LogP contribution in [0.25, 0.3) is 11.5 Å². The molecule has 0 atom stereocenters. The quantitative estimate of drug-likeness (QED) is 0.683. The van der Waals surface area contributed by atoms with Gasteiger partial charge in [0.15, 0.2) is 11.4 Å². The molecule has 0 amide bonds. The predicted octanol–water partition coefficient (Wildman–Crippen LogP) is 2.15. The van der Waals surface area contributed by atoms with E-state index in [0.717, 1.165) is 0 Å². The van der Waals surface area contributed by atoms with Gasteiger partial charge in [-0.1, -0.05) is 41.5 Å². The van der Waals surface area contributed by atoms with Crippen LogP contribution in [0.1, 0.15) is 76.4 Å². The fraction of sp³-hybridized carbons (Fsp3) is 0.500. The molecule has 0 bridgehead atoms. The molecule has 2 aliphatic heterocycles. The Bertz CT molecular complexity index is 618. The van der Waals surface area contributed by atoms with Crippen LogP contribution < -0.4 is 10.7 Å². The van der Waals surface area contributed by atoms with Gasteiger partial charge < -0.3 is 9.47 Å². The normalized spacial score (nSPS) is 13.3. The highest BCUT2D eigenvalue weighted by atomic mass is 16.5. The van der Waals surface area contributed by atoms with Gasteiger partial charge in [-0.3, -0.25) is 0 Å². The molecule has 6 heteroatoms.